The third-order valence-electron chi connectivity index (χ3n) is 3.04. The summed E-state index contributed by atoms with van der Waals surface area (Å²) in [6.07, 6.45) is 2.41. The largest absolute Gasteiger partial charge is 0.330 e. The van der Waals surface area contributed by atoms with Gasteiger partial charge in [-0.05, 0) is 30.7 Å². The first-order valence-electron chi connectivity index (χ1n) is 4.33. The fourth-order valence-electron chi connectivity index (χ4n) is 1.59. The standard InChI is InChI=1S/C9H21N/c1-5-9(6-2,7-10)8(3)4/h8H,5-7,10H2,1-4H3. The van der Waals surface area contributed by atoms with Crippen LogP contribution in [0.4, 0.5) is 0 Å². The molecule has 0 aliphatic rings. The van der Waals surface area contributed by atoms with Crippen LogP contribution in [0.15, 0.2) is 0 Å². The second-order valence-electron chi connectivity index (χ2n) is 3.43. The van der Waals surface area contributed by atoms with Crippen molar-refractivity contribution in [2.75, 3.05) is 6.54 Å². The summed E-state index contributed by atoms with van der Waals surface area (Å²) < 4.78 is 0. The van der Waals surface area contributed by atoms with E-state index in [9.17, 15) is 0 Å². The van der Waals surface area contributed by atoms with Crippen LogP contribution >= 0.6 is 0 Å². The highest BCUT2D eigenvalue weighted by Crippen LogP contribution is 2.33. The van der Waals surface area contributed by atoms with Crippen molar-refractivity contribution in [3.05, 3.63) is 0 Å². The Labute approximate surface area is 65.0 Å². The zero-order valence-electron chi connectivity index (χ0n) is 7.78. The maximum absolute atomic E-state index is 5.73. The Morgan fingerprint density at radius 3 is 1.60 bits per heavy atom. The van der Waals surface area contributed by atoms with Gasteiger partial charge in [-0.2, -0.15) is 0 Å². The van der Waals surface area contributed by atoms with Crippen LogP contribution < -0.4 is 5.73 Å². The summed E-state index contributed by atoms with van der Waals surface area (Å²) in [5, 5.41) is 0. The molecule has 0 aromatic rings. The van der Waals surface area contributed by atoms with Gasteiger partial charge in [0, 0.05) is 0 Å². The van der Waals surface area contributed by atoms with Gasteiger partial charge < -0.3 is 5.73 Å². The fourth-order valence-corrected chi connectivity index (χ4v) is 1.59. The summed E-state index contributed by atoms with van der Waals surface area (Å²) in [6.45, 7) is 9.82. The number of rotatable bonds is 4. The van der Waals surface area contributed by atoms with E-state index in [4.69, 9.17) is 5.73 Å². The molecule has 0 radical (unpaired) electrons. The molecule has 0 aliphatic heterocycles. The molecule has 2 N–H and O–H groups in total. The lowest BCUT2D eigenvalue weighted by atomic mass is 9.73. The first-order chi connectivity index (χ1) is 4.63. The van der Waals surface area contributed by atoms with Gasteiger partial charge in [-0.3, -0.25) is 0 Å². The average Bonchev–Trinajstić information content (AvgIpc) is 1.92. The van der Waals surface area contributed by atoms with Gasteiger partial charge in [-0.15, -0.1) is 0 Å². The summed E-state index contributed by atoms with van der Waals surface area (Å²) in [5.74, 6) is 0.715. The van der Waals surface area contributed by atoms with Crippen molar-refractivity contribution in [1.82, 2.24) is 0 Å². The summed E-state index contributed by atoms with van der Waals surface area (Å²) in [5.41, 5.74) is 6.13. The van der Waals surface area contributed by atoms with Crippen LogP contribution in [0.1, 0.15) is 40.5 Å². The quantitative estimate of drug-likeness (QED) is 0.642. The maximum atomic E-state index is 5.73. The lowest BCUT2D eigenvalue weighted by molar-refractivity contribution is 0.181. The molecule has 0 heterocycles. The second kappa shape index (κ2) is 3.97. The van der Waals surface area contributed by atoms with Gasteiger partial charge in [0.25, 0.3) is 0 Å². The molecule has 1 heteroatoms. The van der Waals surface area contributed by atoms with Crippen molar-refractivity contribution < 1.29 is 0 Å². The van der Waals surface area contributed by atoms with Gasteiger partial charge in [-0.1, -0.05) is 27.7 Å². The molecular weight excluding hydrogens is 122 g/mol. The minimum atomic E-state index is 0.403. The van der Waals surface area contributed by atoms with Gasteiger partial charge in [-0.25, -0.2) is 0 Å². The number of nitrogens with two attached hydrogens (primary N) is 1. The van der Waals surface area contributed by atoms with E-state index in [2.05, 4.69) is 27.7 Å². The van der Waals surface area contributed by atoms with Crippen LogP contribution in [-0.4, -0.2) is 6.54 Å². The van der Waals surface area contributed by atoms with E-state index in [0.29, 0.717) is 11.3 Å². The average molecular weight is 143 g/mol. The van der Waals surface area contributed by atoms with Gasteiger partial charge in [0.1, 0.15) is 0 Å². The first-order valence-corrected chi connectivity index (χ1v) is 4.33. The topological polar surface area (TPSA) is 26.0 Å². The zero-order valence-corrected chi connectivity index (χ0v) is 7.78. The van der Waals surface area contributed by atoms with E-state index in [0.717, 1.165) is 6.54 Å². The van der Waals surface area contributed by atoms with Gasteiger partial charge >= 0.3 is 0 Å². The molecule has 0 atom stereocenters. The Morgan fingerprint density at radius 2 is 1.60 bits per heavy atom. The minimum Gasteiger partial charge on any atom is -0.330 e. The molecule has 0 saturated carbocycles. The lowest BCUT2D eigenvalue weighted by Crippen LogP contribution is -2.34. The summed E-state index contributed by atoms with van der Waals surface area (Å²) in [6, 6.07) is 0. The third kappa shape index (κ3) is 1.72. The van der Waals surface area contributed by atoms with E-state index < -0.39 is 0 Å². The predicted molar refractivity (Wildman–Crippen MR) is 46.9 cm³/mol. The molecule has 10 heavy (non-hydrogen) atoms. The fraction of sp³-hybridized carbons (Fsp3) is 1.00. The van der Waals surface area contributed by atoms with E-state index in [1.807, 2.05) is 0 Å². The third-order valence-corrected chi connectivity index (χ3v) is 3.04. The monoisotopic (exact) mass is 143 g/mol. The van der Waals surface area contributed by atoms with Gasteiger partial charge in [0.05, 0.1) is 0 Å². The Kier molecular flexibility index (Phi) is 3.95. The Morgan fingerprint density at radius 1 is 1.20 bits per heavy atom. The van der Waals surface area contributed by atoms with Crippen LogP contribution in [0.2, 0.25) is 0 Å². The summed E-state index contributed by atoms with van der Waals surface area (Å²) >= 11 is 0. The molecule has 0 amide bonds. The summed E-state index contributed by atoms with van der Waals surface area (Å²) in [4.78, 5) is 0. The van der Waals surface area contributed by atoms with Crippen molar-refractivity contribution in [1.29, 1.82) is 0 Å². The van der Waals surface area contributed by atoms with Crippen LogP contribution in [0.3, 0.4) is 0 Å². The molecule has 0 unspecified atom stereocenters. The molecule has 0 saturated heterocycles. The molecule has 0 rings (SSSR count). The molecule has 0 bridgehead atoms. The van der Waals surface area contributed by atoms with Crippen LogP contribution in [0.25, 0.3) is 0 Å². The highest BCUT2D eigenvalue weighted by Gasteiger charge is 2.27. The number of hydrogen-bond acceptors (Lipinski definition) is 1. The molecule has 0 aliphatic carbocycles. The van der Waals surface area contributed by atoms with Crippen molar-refractivity contribution in [2.45, 2.75) is 40.5 Å². The SMILES string of the molecule is CCC(CC)(CN)C(C)C. The van der Waals surface area contributed by atoms with Gasteiger partial charge in [0.15, 0.2) is 0 Å². The second-order valence-corrected chi connectivity index (χ2v) is 3.43. The van der Waals surface area contributed by atoms with Crippen molar-refractivity contribution in [3.8, 4) is 0 Å². The lowest BCUT2D eigenvalue weighted by Gasteiger charge is -2.34. The van der Waals surface area contributed by atoms with E-state index in [1.54, 1.807) is 0 Å². The Balaban J connectivity index is 4.15. The van der Waals surface area contributed by atoms with Crippen molar-refractivity contribution in [3.63, 3.8) is 0 Å². The Hall–Kier alpha value is -0.0400. The zero-order chi connectivity index (χ0) is 8.20. The highest BCUT2D eigenvalue weighted by atomic mass is 14.6. The molecule has 0 fully saturated rings. The minimum absolute atomic E-state index is 0.403. The van der Waals surface area contributed by atoms with E-state index in [-0.39, 0.29) is 0 Å². The van der Waals surface area contributed by atoms with Crippen molar-refractivity contribution in [2.24, 2.45) is 17.1 Å². The van der Waals surface area contributed by atoms with Crippen LogP contribution in [0, 0.1) is 11.3 Å². The number of hydrogen-bond donors (Lipinski definition) is 1. The smallest absolute Gasteiger partial charge is 0.00183 e. The first kappa shape index (κ1) is 9.96. The molecule has 0 spiro atoms. The molecule has 62 valence electrons. The molecular formula is C9H21N. The molecule has 1 nitrogen and oxygen atoms in total. The highest BCUT2D eigenvalue weighted by molar-refractivity contribution is 4.80. The summed E-state index contributed by atoms with van der Waals surface area (Å²) in [7, 11) is 0. The van der Waals surface area contributed by atoms with Crippen LogP contribution in [-0.2, 0) is 0 Å². The normalized spacial score (nSPS) is 12.6. The van der Waals surface area contributed by atoms with E-state index >= 15 is 0 Å². The van der Waals surface area contributed by atoms with Crippen molar-refractivity contribution >= 4 is 0 Å². The Bertz CT molecular complexity index is 74.5. The molecule has 0 aromatic heterocycles. The molecule has 0 aromatic carbocycles. The van der Waals surface area contributed by atoms with Gasteiger partial charge in [0.2, 0.25) is 0 Å². The van der Waals surface area contributed by atoms with E-state index in [1.165, 1.54) is 12.8 Å². The van der Waals surface area contributed by atoms with Crippen LogP contribution in [0.5, 0.6) is 0 Å². The maximum Gasteiger partial charge on any atom is -0.00183 e. The predicted octanol–water partition coefficient (Wildman–Crippen LogP) is 2.41.